The van der Waals surface area contributed by atoms with Gasteiger partial charge in [-0.25, -0.2) is 0 Å². The van der Waals surface area contributed by atoms with Gasteiger partial charge in [-0.2, -0.15) is 0 Å². The summed E-state index contributed by atoms with van der Waals surface area (Å²) in [6.07, 6.45) is 6.99. The molecule has 72 valence electrons. The zero-order chi connectivity index (χ0) is 10.3. The molecule has 0 heterocycles. The Morgan fingerprint density at radius 2 is 1.92 bits per heavy atom. The Kier molecular flexibility index (Phi) is 5.69. The van der Waals surface area contributed by atoms with E-state index in [9.17, 15) is 0 Å². The van der Waals surface area contributed by atoms with Gasteiger partial charge in [-0.3, -0.25) is 0 Å². The molecule has 0 fully saturated rings. The molecule has 13 heavy (non-hydrogen) atoms. The van der Waals surface area contributed by atoms with Crippen LogP contribution < -0.4 is 5.32 Å². The van der Waals surface area contributed by atoms with Gasteiger partial charge in [0.25, 0.3) is 0 Å². The first-order valence-electron chi connectivity index (χ1n) is 4.41. The Bertz CT molecular complexity index is 244. The molecule has 0 aromatic heterocycles. The second-order valence-corrected chi connectivity index (χ2v) is 3.25. The van der Waals surface area contributed by atoms with E-state index in [1.165, 1.54) is 5.57 Å². The average molecular weight is 177 g/mol. The zero-order valence-corrected chi connectivity index (χ0v) is 8.85. The molecule has 0 radical (unpaired) electrons. The minimum Gasteiger partial charge on any atom is -0.392 e. The zero-order valence-electron chi connectivity index (χ0n) is 8.85. The standard InChI is InChI=1S/C12H19N/c1-10(2)7-6-8-11(3)9-12(4)13-5/h6-8,13H,1,4,9H2,2-3,5H3/b7-6-,11-8-. The van der Waals surface area contributed by atoms with E-state index in [0.29, 0.717) is 0 Å². The summed E-state index contributed by atoms with van der Waals surface area (Å²) in [5.41, 5.74) is 3.39. The van der Waals surface area contributed by atoms with Crippen molar-refractivity contribution >= 4 is 0 Å². The van der Waals surface area contributed by atoms with Crippen molar-refractivity contribution in [2.24, 2.45) is 0 Å². The minimum absolute atomic E-state index is 0.900. The average Bonchev–Trinajstić information content (AvgIpc) is 2.03. The fourth-order valence-electron chi connectivity index (χ4n) is 0.861. The lowest BCUT2D eigenvalue weighted by molar-refractivity contribution is 0.919. The van der Waals surface area contributed by atoms with Crippen LogP contribution in [0.4, 0.5) is 0 Å². The number of nitrogens with one attached hydrogen (secondary N) is 1. The Labute approximate surface area is 81.5 Å². The second kappa shape index (κ2) is 6.30. The van der Waals surface area contributed by atoms with Gasteiger partial charge in [0.1, 0.15) is 0 Å². The molecule has 0 saturated heterocycles. The van der Waals surface area contributed by atoms with E-state index >= 15 is 0 Å². The van der Waals surface area contributed by atoms with Gasteiger partial charge in [-0.05, 0) is 13.8 Å². The van der Waals surface area contributed by atoms with Gasteiger partial charge in [0.05, 0.1) is 0 Å². The maximum Gasteiger partial charge on any atom is 0.00758 e. The molecule has 0 amide bonds. The quantitative estimate of drug-likeness (QED) is 0.636. The van der Waals surface area contributed by atoms with E-state index in [4.69, 9.17) is 0 Å². The van der Waals surface area contributed by atoms with Crippen molar-refractivity contribution in [3.05, 3.63) is 48.2 Å². The van der Waals surface area contributed by atoms with Crippen LogP contribution in [0.15, 0.2) is 48.2 Å². The largest absolute Gasteiger partial charge is 0.392 e. The van der Waals surface area contributed by atoms with Gasteiger partial charge in [0.2, 0.25) is 0 Å². The van der Waals surface area contributed by atoms with Gasteiger partial charge < -0.3 is 5.32 Å². The van der Waals surface area contributed by atoms with E-state index in [-0.39, 0.29) is 0 Å². The summed E-state index contributed by atoms with van der Waals surface area (Å²) in [7, 11) is 1.89. The predicted molar refractivity (Wildman–Crippen MR) is 60.5 cm³/mol. The van der Waals surface area contributed by atoms with Crippen molar-refractivity contribution in [3.63, 3.8) is 0 Å². The number of hydrogen-bond acceptors (Lipinski definition) is 1. The molecule has 1 heteroatoms. The van der Waals surface area contributed by atoms with E-state index in [1.54, 1.807) is 0 Å². The van der Waals surface area contributed by atoms with Crippen LogP contribution in [0.5, 0.6) is 0 Å². The normalized spacial score (nSPS) is 11.8. The topological polar surface area (TPSA) is 12.0 Å². The summed E-state index contributed by atoms with van der Waals surface area (Å²) >= 11 is 0. The maximum atomic E-state index is 3.86. The molecule has 0 spiro atoms. The molecule has 0 aromatic rings. The third kappa shape index (κ3) is 7.13. The fourth-order valence-corrected chi connectivity index (χ4v) is 0.861. The van der Waals surface area contributed by atoms with E-state index in [0.717, 1.165) is 17.7 Å². The third-order valence-corrected chi connectivity index (χ3v) is 1.61. The molecule has 0 aliphatic carbocycles. The van der Waals surface area contributed by atoms with Crippen molar-refractivity contribution in [3.8, 4) is 0 Å². The Hall–Kier alpha value is -1.24. The van der Waals surface area contributed by atoms with Gasteiger partial charge in [-0.1, -0.05) is 42.5 Å². The lowest BCUT2D eigenvalue weighted by Gasteiger charge is -2.03. The highest BCUT2D eigenvalue weighted by Gasteiger charge is 1.90. The highest BCUT2D eigenvalue weighted by atomic mass is 14.8. The van der Waals surface area contributed by atoms with Gasteiger partial charge >= 0.3 is 0 Å². The fraction of sp³-hybridized carbons (Fsp3) is 0.333. The number of rotatable bonds is 5. The van der Waals surface area contributed by atoms with Crippen LogP contribution in [0.2, 0.25) is 0 Å². The monoisotopic (exact) mass is 177 g/mol. The molecule has 0 atom stereocenters. The van der Waals surface area contributed by atoms with Crippen molar-refractivity contribution in [1.29, 1.82) is 0 Å². The van der Waals surface area contributed by atoms with Crippen LogP contribution in [0.1, 0.15) is 20.3 Å². The first kappa shape index (κ1) is 11.8. The first-order chi connectivity index (χ1) is 6.06. The summed E-state index contributed by atoms with van der Waals surface area (Å²) < 4.78 is 0. The van der Waals surface area contributed by atoms with Gasteiger partial charge in [0, 0.05) is 19.2 Å². The molecule has 0 bridgehead atoms. The molecule has 1 N–H and O–H groups in total. The highest BCUT2D eigenvalue weighted by Crippen LogP contribution is 2.05. The highest BCUT2D eigenvalue weighted by molar-refractivity contribution is 5.21. The van der Waals surface area contributed by atoms with E-state index in [1.807, 2.05) is 26.1 Å². The summed E-state index contributed by atoms with van der Waals surface area (Å²) in [6, 6.07) is 0. The Balaban J connectivity index is 4.03. The van der Waals surface area contributed by atoms with Crippen LogP contribution in [0.25, 0.3) is 0 Å². The maximum absolute atomic E-state index is 3.86. The third-order valence-electron chi connectivity index (χ3n) is 1.61. The molecule has 0 saturated carbocycles. The Morgan fingerprint density at radius 3 is 2.38 bits per heavy atom. The molecule has 1 nitrogen and oxygen atoms in total. The van der Waals surface area contributed by atoms with Crippen molar-refractivity contribution in [1.82, 2.24) is 5.32 Å². The number of hydrogen-bond donors (Lipinski definition) is 1. The summed E-state index contributed by atoms with van der Waals surface area (Å²) in [4.78, 5) is 0. The summed E-state index contributed by atoms with van der Waals surface area (Å²) in [5.74, 6) is 0. The molecular weight excluding hydrogens is 158 g/mol. The molecule has 0 aliphatic rings. The van der Waals surface area contributed by atoms with Crippen LogP contribution in [-0.4, -0.2) is 7.05 Å². The van der Waals surface area contributed by atoms with Gasteiger partial charge in [0.15, 0.2) is 0 Å². The second-order valence-electron chi connectivity index (χ2n) is 3.25. The smallest absolute Gasteiger partial charge is 0.00758 e. The van der Waals surface area contributed by atoms with Crippen molar-refractivity contribution in [2.75, 3.05) is 7.05 Å². The van der Waals surface area contributed by atoms with Crippen LogP contribution in [0.3, 0.4) is 0 Å². The summed E-state index contributed by atoms with van der Waals surface area (Å²) in [6.45, 7) is 11.7. The molecular formula is C12H19N. The first-order valence-corrected chi connectivity index (χ1v) is 4.41. The lowest BCUT2D eigenvalue weighted by Crippen LogP contribution is -2.03. The van der Waals surface area contributed by atoms with Crippen LogP contribution in [-0.2, 0) is 0 Å². The van der Waals surface area contributed by atoms with E-state index in [2.05, 4.69) is 31.5 Å². The minimum atomic E-state index is 0.900. The number of allylic oxidation sites excluding steroid dienone is 5. The summed E-state index contributed by atoms with van der Waals surface area (Å²) in [5, 5.41) is 3.02. The molecule has 0 aliphatic heterocycles. The lowest BCUT2D eigenvalue weighted by atomic mass is 10.1. The molecule has 0 aromatic carbocycles. The van der Waals surface area contributed by atoms with Crippen LogP contribution in [0, 0.1) is 0 Å². The van der Waals surface area contributed by atoms with Crippen molar-refractivity contribution < 1.29 is 0 Å². The van der Waals surface area contributed by atoms with Crippen LogP contribution >= 0.6 is 0 Å². The Morgan fingerprint density at radius 1 is 1.31 bits per heavy atom. The predicted octanol–water partition coefficient (Wildman–Crippen LogP) is 3.19. The van der Waals surface area contributed by atoms with Crippen molar-refractivity contribution in [2.45, 2.75) is 20.3 Å². The molecule has 0 rings (SSSR count). The SMILES string of the molecule is C=C(C)/C=C\C=C(\C)CC(=C)NC. The molecule has 0 unspecified atom stereocenters. The van der Waals surface area contributed by atoms with E-state index < -0.39 is 0 Å². The van der Waals surface area contributed by atoms with Gasteiger partial charge in [-0.15, -0.1) is 0 Å².